The van der Waals surface area contributed by atoms with E-state index >= 15 is 0 Å². The first kappa shape index (κ1) is 14.8. The molecule has 0 aromatic carbocycles. The van der Waals surface area contributed by atoms with E-state index in [4.69, 9.17) is 0 Å². The van der Waals surface area contributed by atoms with Crippen molar-refractivity contribution in [2.75, 3.05) is 19.6 Å². The van der Waals surface area contributed by atoms with Crippen LogP contribution in [-0.4, -0.2) is 36.6 Å². The monoisotopic (exact) mass is 278 g/mol. The molecule has 0 aromatic rings. The minimum Gasteiger partial charge on any atom is -0.312 e. The molecule has 1 aliphatic heterocycles. The molecular formula is C18H34N2. The lowest BCUT2D eigenvalue weighted by molar-refractivity contribution is 0.117. The highest BCUT2D eigenvalue weighted by Crippen LogP contribution is 2.37. The molecule has 2 aliphatic carbocycles. The average molecular weight is 278 g/mol. The Morgan fingerprint density at radius 1 is 1.00 bits per heavy atom. The van der Waals surface area contributed by atoms with Gasteiger partial charge in [0.1, 0.15) is 0 Å². The normalized spacial score (nSPS) is 31.4. The Bertz CT molecular complexity index is 281. The maximum Gasteiger partial charge on any atom is 0.0195 e. The molecule has 1 heterocycles. The van der Waals surface area contributed by atoms with Gasteiger partial charge in [-0.1, -0.05) is 26.2 Å². The van der Waals surface area contributed by atoms with Gasteiger partial charge in [0.2, 0.25) is 0 Å². The van der Waals surface area contributed by atoms with Gasteiger partial charge in [0, 0.05) is 18.6 Å². The molecule has 3 fully saturated rings. The molecule has 2 heteroatoms. The van der Waals surface area contributed by atoms with Gasteiger partial charge >= 0.3 is 0 Å². The highest BCUT2D eigenvalue weighted by atomic mass is 15.2. The zero-order valence-corrected chi connectivity index (χ0v) is 13.4. The summed E-state index contributed by atoms with van der Waals surface area (Å²) in [7, 11) is 0. The molecule has 1 saturated heterocycles. The van der Waals surface area contributed by atoms with Crippen molar-refractivity contribution in [1.29, 1.82) is 0 Å². The van der Waals surface area contributed by atoms with E-state index in [0.29, 0.717) is 0 Å². The van der Waals surface area contributed by atoms with Gasteiger partial charge in [-0.25, -0.2) is 0 Å². The minimum absolute atomic E-state index is 0.776. The molecule has 2 unspecified atom stereocenters. The zero-order chi connectivity index (χ0) is 13.8. The summed E-state index contributed by atoms with van der Waals surface area (Å²) >= 11 is 0. The number of nitrogens with one attached hydrogen (secondary N) is 1. The lowest BCUT2D eigenvalue weighted by Crippen LogP contribution is -2.50. The molecule has 2 nitrogen and oxygen atoms in total. The Morgan fingerprint density at radius 2 is 1.80 bits per heavy atom. The fourth-order valence-corrected chi connectivity index (χ4v) is 4.57. The van der Waals surface area contributed by atoms with Crippen molar-refractivity contribution < 1.29 is 0 Å². The molecule has 2 saturated carbocycles. The smallest absolute Gasteiger partial charge is 0.0195 e. The number of rotatable bonds is 6. The summed E-state index contributed by atoms with van der Waals surface area (Å²) in [5, 5.41) is 3.92. The van der Waals surface area contributed by atoms with E-state index in [-0.39, 0.29) is 0 Å². The van der Waals surface area contributed by atoms with Gasteiger partial charge < -0.3 is 5.32 Å². The summed E-state index contributed by atoms with van der Waals surface area (Å²) in [5.74, 6) is 2.02. The van der Waals surface area contributed by atoms with E-state index in [9.17, 15) is 0 Å². The highest BCUT2D eigenvalue weighted by Gasteiger charge is 2.35. The Balaban J connectivity index is 1.42. The first-order valence-corrected chi connectivity index (χ1v) is 9.34. The van der Waals surface area contributed by atoms with Crippen molar-refractivity contribution in [3.05, 3.63) is 0 Å². The molecule has 116 valence electrons. The average Bonchev–Trinajstić information content (AvgIpc) is 3.32. The topological polar surface area (TPSA) is 15.3 Å². The molecule has 0 aromatic heterocycles. The fourth-order valence-electron chi connectivity index (χ4n) is 4.57. The largest absolute Gasteiger partial charge is 0.312 e. The summed E-state index contributed by atoms with van der Waals surface area (Å²) in [5.41, 5.74) is 0. The van der Waals surface area contributed by atoms with Crippen LogP contribution in [0.1, 0.15) is 71.1 Å². The minimum atomic E-state index is 0.776. The quantitative estimate of drug-likeness (QED) is 0.795. The number of hydrogen-bond acceptors (Lipinski definition) is 2. The van der Waals surface area contributed by atoms with Crippen LogP contribution in [0.5, 0.6) is 0 Å². The maximum atomic E-state index is 3.92. The molecule has 0 amide bonds. The number of nitrogens with zero attached hydrogens (tertiary/aromatic N) is 1. The van der Waals surface area contributed by atoms with Crippen molar-refractivity contribution >= 4 is 0 Å². The molecule has 0 radical (unpaired) electrons. The predicted octanol–water partition coefficient (Wildman–Crippen LogP) is 3.81. The molecule has 3 rings (SSSR count). The maximum absolute atomic E-state index is 3.92. The van der Waals surface area contributed by atoms with E-state index in [2.05, 4.69) is 17.1 Å². The third-order valence-electron chi connectivity index (χ3n) is 5.93. The van der Waals surface area contributed by atoms with Crippen LogP contribution >= 0.6 is 0 Å². The van der Waals surface area contributed by atoms with Gasteiger partial charge in [0.05, 0.1) is 0 Å². The van der Waals surface area contributed by atoms with Crippen LogP contribution in [0.25, 0.3) is 0 Å². The first-order valence-electron chi connectivity index (χ1n) is 9.34. The first-order chi connectivity index (χ1) is 9.86. The van der Waals surface area contributed by atoms with Crippen LogP contribution in [-0.2, 0) is 0 Å². The van der Waals surface area contributed by atoms with E-state index in [1.54, 1.807) is 0 Å². The second-order valence-electron chi connectivity index (χ2n) is 7.56. The van der Waals surface area contributed by atoms with Gasteiger partial charge in [0.15, 0.2) is 0 Å². The van der Waals surface area contributed by atoms with Crippen LogP contribution in [0.15, 0.2) is 0 Å². The highest BCUT2D eigenvalue weighted by molar-refractivity contribution is 4.91. The summed E-state index contributed by atoms with van der Waals surface area (Å²) < 4.78 is 0. The standard InChI is InChI=1S/C18H34N2/c1-2-18(16-10-11-16)20-12-6-9-17(14-20)19-13-15-7-4-3-5-8-15/h15-19H,2-14H2,1H3. The second kappa shape index (κ2) is 7.26. The van der Waals surface area contributed by atoms with E-state index < -0.39 is 0 Å². The van der Waals surface area contributed by atoms with Crippen molar-refractivity contribution in [2.45, 2.75) is 83.2 Å². The molecule has 0 bridgehead atoms. The Labute approximate surface area is 125 Å². The van der Waals surface area contributed by atoms with Gasteiger partial charge in [0.25, 0.3) is 0 Å². The van der Waals surface area contributed by atoms with Gasteiger partial charge in [-0.3, -0.25) is 4.90 Å². The molecular weight excluding hydrogens is 244 g/mol. The fraction of sp³-hybridized carbons (Fsp3) is 1.00. The zero-order valence-electron chi connectivity index (χ0n) is 13.4. The second-order valence-corrected chi connectivity index (χ2v) is 7.56. The molecule has 1 N–H and O–H groups in total. The van der Waals surface area contributed by atoms with E-state index in [0.717, 1.165) is 23.9 Å². The number of likely N-dealkylation sites (tertiary alicyclic amines) is 1. The van der Waals surface area contributed by atoms with Gasteiger partial charge in [-0.15, -0.1) is 0 Å². The van der Waals surface area contributed by atoms with Crippen molar-refractivity contribution in [3.8, 4) is 0 Å². The van der Waals surface area contributed by atoms with Crippen molar-refractivity contribution in [3.63, 3.8) is 0 Å². The molecule has 3 aliphatic rings. The summed E-state index contributed by atoms with van der Waals surface area (Å²) in [6, 6.07) is 1.67. The van der Waals surface area contributed by atoms with Gasteiger partial charge in [-0.2, -0.15) is 0 Å². The van der Waals surface area contributed by atoms with E-state index in [1.165, 1.54) is 83.8 Å². The summed E-state index contributed by atoms with van der Waals surface area (Å²) in [4.78, 5) is 2.82. The molecule has 20 heavy (non-hydrogen) atoms. The van der Waals surface area contributed by atoms with Crippen LogP contribution in [0.4, 0.5) is 0 Å². The Morgan fingerprint density at radius 3 is 2.50 bits per heavy atom. The number of piperidine rings is 1. The third-order valence-corrected chi connectivity index (χ3v) is 5.93. The van der Waals surface area contributed by atoms with Crippen LogP contribution in [0, 0.1) is 11.8 Å². The molecule has 2 atom stereocenters. The van der Waals surface area contributed by atoms with Crippen molar-refractivity contribution in [1.82, 2.24) is 10.2 Å². The van der Waals surface area contributed by atoms with Gasteiger partial charge in [-0.05, 0) is 69.9 Å². The lowest BCUT2D eigenvalue weighted by Gasteiger charge is -2.39. The number of hydrogen-bond donors (Lipinski definition) is 1. The van der Waals surface area contributed by atoms with Crippen LogP contribution < -0.4 is 5.32 Å². The Kier molecular flexibility index (Phi) is 5.39. The lowest BCUT2D eigenvalue weighted by atomic mass is 9.89. The predicted molar refractivity (Wildman–Crippen MR) is 86.0 cm³/mol. The SMILES string of the molecule is CCC(C1CC1)N1CCCC(NCC2CCCCC2)C1. The molecule has 0 spiro atoms. The Hall–Kier alpha value is -0.0800. The van der Waals surface area contributed by atoms with Crippen LogP contribution in [0.3, 0.4) is 0 Å². The van der Waals surface area contributed by atoms with Crippen LogP contribution in [0.2, 0.25) is 0 Å². The third kappa shape index (κ3) is 3.98. The van der Waals surface area contributed by atoms with E-state index in [1.807, 2.05) is 0 Å². The summed E-state index contributed by atoms with van der Waals surface area (Å²) in [6.07, 6.45) is 14.5. The summed E-state index contributed by atoms with van der Waals surface area (Å²) in [6.45, 7) is 6.36. The van der Waals surface area contributed by atoms with Crippen molar-refractivity contribution in [2.24, 2.45) is 11.8 Å².